The summed E-state index contributed by atoms with van der Waals surface area (Å²) in [7, 11) is 0. The average Bonchev–Trinajstić information content (AvgIpc) is 2.63. The van der Waals surface area contributed by atoms with Gasteiger partial charge in [-0.3, -0.25) is 4.79 Å². The van der Waals surface area contributed by atoms with Crippen LogP contribution < -0.4 is 5.56 Å². The molecule has 0 aliphatic rings. The van der Waals surface area contributed by atoms with Crippen molar-refractivity contribution < 1.29 is 29.6 Å². The van der Waals surface area contributed by atoms with Gasteiger partial charge in [-0.05, 0) is 37.1 Å². The van der Waals surface area contributed by atoms with Gasteiger partial charge < -0.3 is 24.6 Å². The Balaban J connectivity index is 2.36. The van der Waals surface area contributed by atoms with E-state index in [0.717, 1.165) is 0 Å². The van der Waals surface area contributed by atoms with Crippen LogP contribution >= 0.6 is 0 Å². The Kier molecular flexibility index (Phi) is 6.71. The van der Waals surface area contributed by atoms with Gasteiger partial charge in [0.1, 0.15) is 0 Å². The number of aliphatic carboxylic acids is 2. The fourth-order valence-electron chi connectivity index (χ4n) is 2.92. The quantitative estimate of drug-likeness (QED) is 0.553. The van der Waals surface area contributed by atoms with E-state index in [0.29, 0.717) is 16.7 Å². The molecule has 0 bridgehead atoms. The van der Waals surface area contributed by atoms with E-state index in [1.807, 2.05) is 0 Å². The summed E-state index contributed by atoms with van der Waals surface area (Å²) in [6.45, 7) is 3.15. The third-order valence-corrected chi connectivity index (χ3v) is 4.21. The first-order valence-electron chi connectivity index (χ1n) is 8.75. The van der Waals surface area contributed by atoms with Gasteiger partial charge in [0.15, 0.2) is 0 Å². The molecule has 0 aliphatic carbocycles. The molecule has 0 spiro atoms. The number of aromatic nitrogens is 1. The molecule has 1 aromatic heterocycles. The molecule has 8 heteroatoms. The smallest absolute Gasteiger partial charge is 0.348 e. The Morgan fingerprint density at radius 1 is 1.11 bits per heavy atom. The summed E-state index contributed by atoms with van der Waals surface area (Å²) in [6, 6.07) is 9.73. The number of pyridine rings is 1. The fourth-order valence-corrected chi connectivity index (χ4v) is 2.92. The number of aliphatic hydroxyl groups is 1. The van der Waals surface area contributed by atoms with Crippen molar-refractivity contribution in [3.8, 4) is 11.1 Å². The van der Waals surface area contributed by atoms with E-state index in [2.05, 4.69) is 0 Å². The van der Waals surface area contributed by atoms with Crippen molar-refractivity contribution in [2.24, 2.45) is 0 Å². The van der Waals surface area contributed by atoms with E-state index in [1.165, 1.54) is 4.57 Å². The number of hydrogen-bond acceptors (Lipinski definition) is 5. The lowest BCUT2D eigenvalue weighted by molar-refractivity contribution is -0.188. The molecule has 1 aromatic carbocycles. The number of hydrogen-bond donors (Lipinski definition) is 3. The largest absolute Gasteiger partial charge is 0.479 e. The van der Waals surface area contributed by atoms with Gasteiger partial charge in [0.25, 0.3) is 11.2 Å². The summed E-state index contributed by atoms with van der Waals surface area (Å²) in [5, 5.41) is 28.0. The zero-order valence-corrected chi connectivity index (χ0v) is 15.7. The summed E-state index contributed by atoms with van der Waals surface area (Å²) >= 11 is 0. The fraction of sp³-hybridized carbons (Fsp3) is 0.350. The number of aliphatic hydroxyl groups excluding tert-OH is 1. The highest BCUT2D eigenvalue weighted by molar-refractivity contribution is 6.02. The van der Waals surface area contributed by atoms with E-state index in [1.54, 1.807) is 56.4 Å². The van der Waals surface area contributed by atoms with Crippen LogP contribution in [0.25, 0.3) is 11.1 Å². The highest BCUT2D eigenvalue weighted by Crippen LogP contribution is 2.24. The molecule has 3 N–H and O–H groups in total. The molecule has 0 atom stereocenters. The van der Waals surface area contributed by atoms with Gasteiger partial charge in [-0.15, -0.1) is 0 Å². The summed E-state index contributed by atoms with van der Waals surface area (Å²) in [4.78, 5) is 35.8. The first kappa shape index (κ1) is 21.3. The standard InChI is InChI=1S/C20H23NO7/c1-13(2)28-20(18(24)25,19(26)27)12-14-5-7-15(8-6-14)16-4-3-9-21(10-11-22)17(16)23/h3-9,13,22H,10-12H2,1-2H3,(H,24,25)(H,26,27). The van der Waals surface area contributed by atoms with Crippen LogP contribution in [0.15, 0.2) is 47.4 Å². The van der Waals surface area contributed by atoms with E-state index in [-0.39, 0.29) is 25.1 Å². The van der Waals surface area contributed by atoms with Crippen LogP contribution in [0.2, 0.25) is 0 Å². The molecule has 0 aliphatic heterocycles. The number of carboxylic acid groups (broad SMARTS) is 2. The van der Waals surface area contributed by atoms with Gasteiger partial charge in [-0.25, -0.2) is 9.59 Å². The maximum atomic E-state index is 12.4. The molecule has 2 aromatic rings. The number of carbonyl (C=O) groups is 2. The number of ether oxygens (including phenoxy) is 1. The molecule has 0 saturated carbocycles. The number of nitrogens with zero attached hydrogens (tertiary/aromatic N) is 1. The van der Waals surface area contributed by atoms with Gasteiger partial charge in [0.05, 0.1) is 12.7 Å². The maximum absolute atomic E-state index is 12.4. The molecule has 1 heterocycles. The molecule has 2 rings (SSSR count). The van der Waals surface area contributed by atoms with Gasteiger partial charge in [-0.2, -0.15) is 0 Å². The Morgan fingerprint density at radius 2 is 1.71 bits per heavy atom. The Labute approximate surface area is 161 Å². The van der Waals surface area contributed by atoms with Gasteiger partial charge in [0, 0.05) is 24.7 Å². The Bertz CT molecular complexity index is 886. The van der Waals surface area contributed by atoms with Crippen LogP contribution in [0.1, 0.15) is 19.4 Å². The normalized spacial score (nSPS) is 11.6. The Hall–Kier alpha value is -2.97. The predicted octanol–water partition coefficient (Wildman–Crippen LogP) is 1.38. The zero-order chi connectivity index (χ0) is 20.9. The number of benzene rings is 1. The molecular formula is C20H23NO7. The van der Waals surface area contributed by atoms with Crippen LogP contribution in [0.3, 0.4) is 0 Å². The van der Waals surface area contributed by atoms with E-state index in [9.17, 15) is 24.6 Å². The number of carboxylic acids is 2. The van der Waals surface area contributed by atoms with Gasteiger partial charge >= 0.3 is 11.9 Å². The molecular weight excluding hydrogens is 366 g/mol. The molecule has 0 unspecified atom stereocenters. The minimum absolute atomic E-state index is 0.162. The third kappa shape index (κ3) is 4.47. The molecule has 8 nitrogen and oxygen atoms in total. The highest BCUT2D eigenvalue weighted by Gasteiger charge is 2.49. The van der Waals surface area contributed by atoms with Crippen LogP contribution in [0.4, 0.5) is 0 Å². The molecule has 0 amide bonds. The molecule has 150 valence electrons. The zero-order valence-electron chi connectivity index (χ0n) is 15.7. The highest BCUT2D eigenvalue weighted by atomic mass is 16.6. The van der Waals surface area contributed by atoms with Gasteiger partial charge in [-0.1, -0.05) is 24.3 Å². The third-order valence-electron chi connectivity index (χ3n) is 4.21. The molecule has 0 saturated heterocycles. The lowest BCUT2D eigenvalue weighted by Gasteiger charge is -2.27. The van der Waals surface area contributed by atoms with Crippen molar-refractivity contribution >= 4 is 11.9 Å². The first-order valence-corrected chi connectivity index (χ1v) is 8.75. The van der Waals surface area contributed by atoms with Crippen molar-refractivity contribution in [2.45, 2.75) is 38.5 Å². The van der Waals surface area contributed by atoms with Crippen LogP contribution in [0, 0.1) is 0 Å². The lowest BCUT2D eigenvalue weighted by atomic mass is 9.93. The van der Waals surface area contributed by atoms with Crippen molar-refractivity contribution in [3.05, 3.63) is 58.5 Å². The van der Waals surface area contributed by atoms with Crippen molar-refractivity contribution in [2.75, 3.05) is 6.61 Å². The van der Waals surface area contributed by atoms with Crippen molar-refractivity contribution in [3.63, 3.8) is 0 Å². The molecule has 0 fully saturated rings. The second kappa shape index (κ2) is 8.81. The minimum atomic E-state index is -2.39. The van der Waals surface area contributed by atoms with E-state index >= 15 is 0 Å². The van der Waals surface area contributed by atoms with Crippen LogP contribution in [-0.2, 0) is 27.3 Å². The average molecular weight is 389 g/mol. The monoisotopic (exact) mass is 389 g/mol. The maximum Gasteiger partial charge on any atom is 0.348 e. The first-order chi connectivity index (χ1) is 13.2. The van der Waals surface area contributed by atoms with E-state index < -0.39 is 23.6 Å². The second-order valence-corrected chi connectivity index (χ2v) is 6.62. The van der Waals surface area contributed by atoms with Crippen LogP contribution in [0.5, 0.6) is 0 Å². The van der Waals surface area contributed by atoms with Crippen molar-refractivity contribution in [1.29, 1.82) is 0 Å². The lowest BCUT2D eigenvalue weighted by Crippen LogP contribution is -2.52. The topological polar surface area (TPSA) is 126 Å². The second-order valence-electron chi connectivity index (χ2n) is 6.62. The summed E-state index contributed by atoms with van der Waals surface area (Å²) in [5.74, 6) is -3.15. The van der Waals surface area contributed by atoms with Crippen LogP contribution in [-0.4, -0.2) is 50.1 Å². The predicted molar refractivity (Wildman–Crippen MR) is 101 cm³/mol. The summed E-state index contributed by atoms with van der Waals surface area (Å²) in [5.41, 5.74) is -1.19. The summed E-state index contributed by atoms with van der Waals surface area (Å²) in [6.07, 6.45) is 0.619. The Morgan fingerprint density at radius 3 is 2.21 bits per heavy atom. The molecule has 28 heavy (non-hydrogen) atoms. The minimum Gasteiger partial charge on any atom is -0.479 e. The van der Waals surface area contributed by atoms with E-state index in [4.69, 9.17) is 9.84 Å². The number of rotatable bonds is 9. The van der Waals surface area contributed by atoms with Gasteiger partial charge in [0.2, 0.25) is 0 Å². The summed E-state index contributed by atoms with van der Waals surface area (Å²) < 4.78 is 6.65. The SMILES string of the molecule is CC(C)OC(Cc1ccc(-c2cccn(CCO)c2=O)cc1)(C(=O)O)C(=O)O. The van der Waals surface area contributed by atoms with Crippen molar-refractivity contribution in [1.82, 2.24) is 4.57 Å². The molecule has 0 radical (unpaired) electrons.